The molecule has 0 aliphatic carbocycles. The number of nitrogens with zero attached hydrogens (tertiary/aromatic N) is 3. The van der Waals surface area contributed by atoms with Crippen molar-refractivity contribution in [1.82, 2.24) is 14.3 Å². The van der Waals surface area contributed by atoms with Gasteiger partial charge in [-0.2, -0.15) is 4.31 Å². The molecule has 1 aromatic heterocycles. The Kier molecular flexibility index (Phi) is 3.75. The number of imidazole rings is 1. The molecule has 1 aromatic carbocycles. The number of nitrogens with two attached hydrogens (primary N) is 1. The molecule has 0 radical (unpaired) electrons. The Balaban J connectivity index is 2.03. The molecule has 0 spiro atoms. The SMILES string of the molecule is NC(=NO)[C@@H]1CCCCN1S(=O)(=O)c1nc2ccccc2[nH]1. The minimum atomic E-state index is -3.83. The van der Waals surface area contributed by atoms with Crippen LogP contribution in [0.25, 0.3) is 11.0 Å². The van der Waals surface area contributed by atoms with Crippen LogP contribution in [0.1, 0.15) is 19.3 Å². The highest BCUT2D eigenvalue weighted by Crippen LogP contribution is 2.25. The smallest absolute Gasteiger partial charge is 0.277 e. The predicted octanol–water partition coefficient (Wildman–Crippen LogP) is 0.852. The van der Waals surface area contributed by atoms with Gasteiger partial charge in [-0.05, 0) is 25.0 Å². The van der Waals surface area contributed by atoms with E-state index >= 15 is 0 Å². The molecule has 8 nitrogen and oxygen atoms in total. The molecule has 118 valence electrons. The van der Waals surface area contributed by atoms with Crippen LogP contribution in [0.3, 0.4) is 0 Å². The van der Waals surface area contributed by atoms with Crippen LogP contribution >= 0.6 is 0 Å². The van der Waals surface area contributed by atoms with Gasteiger partial charge in [-0.25, -0.2) is 13.4 Å². The van der Waals surface area contributed by atoms with Gasteiger partial charge >= 0.3 is 0 Å². The molecule has 2 aromatic rings. The molecule has 1 fully saturated rings. The maximum Gasteiger partial charge on any atom is 0.277 e. The molecule has 0 unspecified atom stereocenters. The number of oxime groups is 1. The highest BCUT2D eigenvalue weighted by Gasteiger charge is 2.37. The Hall–Kier alpha value is -2.13. The number of fused-ring (bicyclic) bond motifs is 1. The molecule has 1 aliphatic rings. The Morgan fingerprint density at radius 3 is 2.91 bits per heavy atom. The topological polar surface area (TPSA) is 125 Å². The van der Waals surface area contributed by atoms with Gasteiger partial charge < -0.3 is 15.9 Å². The number of piperidine rings is 1. The van der Waals surface area contributed by atoms with Crippen LogP contribution in [0.15, 0.2) is 34.6 Å². The fourth-order valence-electron chi connectivity index (χ4n) is 2.72. The number of aromatic amines is 1. The fraction of sp³-hybridized carbons (Fsp3) is 0.385. The lowest BCUT2D eigenvalue weighted by Gasteiger charge is -2.32. The van der Waals surface area contributed by atoms with Gasteiger partial charge in [0.05, 0.1) is 17.1 Å². The van der Waals surface area contributed by atoms with E-state index in [1.54, 1.807) is 24.3 Å². The maximum absolute atomic E-state index is 12.8. The monoisotopic (exact) mass is 323 g/mol. The standard InChI is InChI=1S/C13H17N5O3S/c14-12(17-19)11-7-3-4-8-18(11)22(20,21)13-15-9-5-1-2-6-10(9)16-13/h1-2,5-6,11,19H,3-4,7-8H2,(H2,14,17)(H,15,16)/t11-/m0/s1. The fourth-order valence-corrected chi connectivity index (χ4v) is 4.31. The van der Waals surface area contributed by atoms with Crippen LogP contribution in [0, 0.1) is 0 Å². The van der Waals surface area contributed by atoms with E-state index in [0.717, 1.165) is 12.8 Å². The lowest BCUT2D eigenvalue weighted by molar-refractivity contribution is 0.280. The zero-order valence-electron chi connectivity index (χ0n) is 11.8. The lowest BCUT2D eigenvalue weighted by atomic mass is 10.0. The van der Waals surface area contributed by atoms with E-state index in [2.05, 4.69) is 15.1 Å². The van der Waals surface area contributed by atoms with Gasteiger partial charge in [-0.1, -0.05) is 23.7 Å². The van der Waals surface area contributed by atoms with E-state index in [0.29, 0.717) is 24.0 Å². The van der Waals surface area contributed by atoms with E-state index in [1.165, 1.54) is 4.31 Å². The van der Waals surface area contributed by atoms with Gasteiger partial charge in [0.2, 0.25) is 5.16 Å². The number of sulfonamides is 1. The number of benzene rings is 1. The summed E-state index contributed by atoms with van der Waals surface area (Å²) in [6.45, 7) is 0.320. The Bertz CT molecular complexity index is 781. The molecule has 3 rings (SSSR count). The Labute approximate surface area is 127 Å². The molecule has 0 saturated carbocycles. The number of hydrogen-bond donors (Lipinski definition) is 3. The van der Waals surface area contributed by atoms with E-state index in [9.17, 15) is 8.42 Å². The number of amidine groups is 1. The average molecular weight is 323 g/mol. The third kappa shape index (κ3) is 2.42. The minimum absolute atomic E-state index is 0.0978. The molecular formula is C13H17N5O3S. The third-order valence-electron chi connectivity index (χ3n) is 3.83. The van der Waals surface area contributed by atoms with Gasteiger partial charge in [-0.3, -0.25) is 0 Å². The molecule has 9 heteroatoms. The van der Waals surface area contributed by atoms with E-state index in [4.69, 9.17) is 10.9 Å². The van der Waals surface area contributed by atoms with Crippen LogP contribution in [0.5, 0.6) is 0 Å². The van der Waals surface area contributed by atoms with Crippen molar-refractivity contribution >= 4 is 26.9 Å². The molecule has 22 heavy (non-hydrogen) atoms. The van der Waals surface area contributed by atoms with Gasteiger partial charge in [0.1, 0.15) is 0 Å². The second-order valence-electron chi connectivity index (χ2n) is 5.21. The summed E-state index contributed by atoms with van der Waals surface area (Å²) in [5, 5.41) is 11.7. The van der Waals surface area contributed by atoms with Crippen molar-refractivity contribution in [3.8, 4) is 0 Å². The third-order valence-corrected chi connectivity index (χ3v) is 5.57. The van der Waals surface area contributed by atoms with Gasteiger partial charge in [0.15, 0.2) is 5.84 Å². The average Bonchev–Trinajstić information content (AvgIpc) is 2.99. The summed E-state index contributed by atoms with van der Waals surface area (Å²) in [7, 11) is -3.83. The van der Waals surface area contributed by atoms with Crippen LogP contribution < -0.4 is 5.73 Å². The minimum Gasteiger partial charge on any atom is -0.409 e. The zero-order valence-corrected chi connectivity index (χ0v) is 12.6. The van der Waals surface area contributed by atoms with Crippen LogP contribution in [0.2, 0.25) is 0 Å². The highest BCUT2D eigenvalue weighted by atomic mass is 32.2. The summed E-state index contributed by atoms with van der Waals surface area (Å²) in [6, 6.07) is 6.45. The predicted molar refractivity (Wildman–Crippen MR) is 81.0 cm³/mol. The van der Waals surface area contributed by atoms with Crippen LogP contribution in [0.4, 0.5) is 0 Å². The quantitative estimate of drug-likeness (QED) is 0.334. The van der Waals surface area contributed by atoms with Crippen LogP contribution in [-0.2, 0) is 10.0 Å². The number of aromatic nitrogens is 2. The number of H-pyrrole nitrogens is 1. The first kappa shape index (κ1) is 14.8. The maximum atomic E-state index is 12.8. The first-order valence-corrected chi connectivity index (χ1v) is 8.42. The summed E-state index contributed by atoms with van der Waals surface area (Å²) in [5.74, 6) is -0.0978. The van der Waals surface area contributed by atoms with Crippen molar-refractivity contribution in [2.75, 3.05) is 6.54 Å². The zero-order chi connectivity index (χ0) is 15.7. The molecule has 0 amide bonds. The summed E-state index contributed by atoms with van der Waals surface area (Å²) in [4.78, 5) is 6.98. The molecule has 0 bridgehead atoms. The normalized spacial score (nSPS) is 21.3. The molecule has 1 atom stereocenters. The van der Waals surface area contributed by atoms with Crippen molar-refractivity contribution < 1.29 is 13.6 Å². The van der Waals surface area contributed by atoms with E-state index in [1.807, 2.05) is 0 Å². The Morgan fingerprint density at radius 1 is 1.41 bits per heavy atom. The molecule has 1 aliphatic heterocycles. The Morgan fingerprint density at radius 2 is 2.18 bits per heavy atom. The number of para-hydroxylation sites is 2. The van der Waals surface area contributed by atoms with Crippen molar-refractivity contribution in [3.05, 3.63) is 24.3 Å². The lowest BCUT2D eigenvalue weighted by Crippen LogP contribution is -2.50. The number of nitrogens with one attached hydrogen (secondary N) is 1. The number of rotatable bonds is 3. The molecule has 1 saturated heterocycles. The summed E-state index contributed by atoms with van der Waals surface area (Å²) in [5.41, 5.74) is 6.88. The van der Waals surface area contributed by atoms with Crippen LogP contribution in [-0.4, -0.2) is 46.3 Å². The second-order valence-corrected chi connectivity index (χ2v) is 7.02. The van der Waals surface area contributed by atoms with Gasteiger partial charge in [0.25, 0.3) is 10.0 Å². The number of hydrogen-bond acceptors (Lipinski definition) is 5. The van der Waals surface area contributed by atoms with E-state index < -0.39 is 16.1 Å². The summed E-state index contributed by atoms with van der Waals surface area (Å²) in [6.07, 6.45) is 2.08. The largest absolute Gasteiger partial charge is 0.409 e. The van der Waals surface area contributed by atoms with Crippen molar-refractivity contribution in [3.63, 3.8) is 0 Å². The van der Waals surface area contributed by atoms with Crippen molar-refractivity contribution in [2.45, 2.75) is 30.5 Å². The highest BCUT2D eigenvalue weighted by molar-refractivity contribution is 7.89. The summed E-state index contributed by atoms with van der Waals surface area (Å²) < 4.78 is 26.9. The van der Waals surface area contributed by atoms with Crippen molar-refractivity contribution in [1.29, 1.82) is 0 Å². The summed E-state index contributed by atoms with van der Waals surface area (Å²) >= 11 is 0. The van der Waals surface area contributed by atoms with Gasteiger partial charge in [0, 0.05) is 6.54 Å². The molecule has 2 heterocycles. The first-order chi connectivity index (χ1) is 10.5. The van der Waals surface area contributed by atoms with Crippen molar-refractivity contribution in [2.24, 2.45) is 10.9 Å². The molecule has 4 N–H and O–H groups in total. The van der Waals surface area contributed by atoms with Gasteiger partial charge in [-0.15, -0.1) is 0 Å². The first-order valence-electron chi connectivity index (χ1n) is 6.98. The second kappa shape index (κ2) is 5.58. The molecular weight excluding hydrogens is 306 g/mol. The van der Waals surface area contributed by atoms with E-state index in [-0.39, 0.29) is 11.0 Å².